The second kappa shape index (κ2) is 18.2. The Labute approximate surface area is 475 Å². The minimum Gasteiger partial charge on any atom is -0.455 e. The van der Waals surface area contributed by atoms with E-state index in [0.717, 1.165) is 66.9 Å². The maximum absolute atomic E-state index is 6.58. The zero-order valence-corrected chi connectivity index (χ0v) is 44.7. The summed E-state index contributed by atoms with van der Waals surface area (Å²) in [6.45, 7) is 0. The van der Waals surface area contributed by atoms with Gasteiger partial charge in [-0.3, -0.25) is 0 Å². The molecule has 0 saturated carbocycles. The number of hydrogen-bond donors (Lipinski definition) is 0. The molecule has 0 amide bonds. The topological polar surface area (TPSA) is 21.3 Å². The van der Waals surface area contributed by atoms with E-state index >= 15 is 0 Å². The molecule has 2 heterocycles. The fourth-order valence-electron chi connectivity index (χ4n) is 14.1. The first-order valence-corrected chi connectivity index (χ1v) is 28.3. The standard InChI is InChI=1S/C79H50N2O/c1-4-20-51(21-5-1)56-49-66(53-22-6-2-7-23-53)77-68(50-56)67-48-55(42-47-73(67)81(77)57-24-8-3-9-25-57)52-38-43-58(44-39-52)80(59-45-40-54(41-46-59)60-30-18-31-64-63-28-13-17-37-75(63)82-78(60)64)74-36-19-35-72-76(74)65-29-12-16-34-71(65)79(72)69-32-14-10-26-61(69)62-27-11-15-33-70(62)79/h1-50H. The summed E-state index contributed by atoms with van der Waals surface area (Å²) in [5.74, 6) is 0. The van der Waals surface area contributed by atoms with Crippen LogP contribution in [-0.2, 0) is 5.41 Å². The second-order valence-corrected chi connectivity index (χ2v) is 21.9. The first-order chi connectivity index (χ1) is 40.7. The number of benzene rings is 13. The normalized spacial score (nSPS) is 12.7. The molecule has 2 aliphatic rings. The largest absolute Gasteiger partial charge is 0.455 e. The molecule has 0 saturated heterocycles. The molecule has 0 N–H and O–H groups in total. The van der Waals surface area contributed by atoms with Crippen molar-refractivity contribution in [1.82, 2.24) is 4.57 Å². The van der Waals surface area contributed by atoms with Crippen LogP contribution in [0.4, 0.5) is 17.1 Å². The first-order valence-electron chi connectivity index (χ1n) is 28.3. The molecule has 3 nitrogen and oxygen atoms in total. The van der Waals surface area contributed by atoms with Gasteiger partial charge in [0.05, 0.1) is 22.1 Å². The summed E-state index contributed by atoms with van der Waals surface area (Å²) >= 11 is 0. The minimum atomic E-state index is -0.480. The number of hydrogen-bond acceptors (Lipinski definition) is 2. The summed E-state index contributed by atoms with van der Waals surface area (Å²) < 4.78 is 9.04. The highest BCUT2D eigenvalue weighted by Gasteiger charge is 2.52. The van der Waals surface area contributed by atoms with Crippen LogP contribution in [0.5, 0.6) is 0 Å². The predicted octanol–water partition coefficient (Wildman–Crippen LogP) is 21.2. The van der Waals surface area contributed by atoms with Gasteiger partial charge in [-0.1, -0.05) is 231 Å². The van der Waals surface area contributed by atoms with Crippen LogP contribution < -0.4 is 4.90 Å². The molecule has 0 radical (unpaired) electrons. The van der Waals surface area contributed by atoms with Crippen molar-refractivity contribution in [3.63, 3.8) is 0 Å². The van der Waals surface area contributed by atoms with Crippen LogP contribution in [0, 0.1) is 0 Å². The zero-order valence-electron chi connectivity index (χ0n) is 44.7. The molecule has 0 aliphatic heterocycles. The SMILES string of the molecule is c1ccc(-c2cc(-c3ccccc3)c3c(c2)c2cc(-c4ccc(N(c5ccc(-c6cccc7c6oc6ccccc67)cc5)c5cccc6c5-c5ccccc5C65c6ccccc6-c6ccccc65)cc4)ccc2n3-c2ccccc2)cc1. The number of fused-ring (bicyclic) bond motifs is 16. The Kier molecular flexibility index (Phi) is 10.2. The van der Waals surface area contributed by atoms with Gasteiger partial charge in [0.2, 0.25) is 0 Å². The fraction of sp³-hybridized carbons (Fsp3) is 0.0127. The van der Waals surface area contributed by atoms with E-state index in [-0.39, 0.29) is 0 Å². The molecule has 13 aromatic carbocycles. The lowest BCUT2D eigenvalue weighted by molar-refractivity contribution is 0.670. The minimum absolute atomic E-state index is 0.480. The van der Waals surface area contributed by atoms with Crippen molar-refractivity contribution in [2.24, 2.45) is 0 Å². The summed E-state index contributed by atoms with van der Waals surface area (Å²) in [6.07, 6.45) is 0. The van der Waals surface area contributed by atoms with E-state index in [4.69, 9.17) is 4.42 Å². The van der Waals surface area contributed by atoms with Crippen LogP contribution in [-0.4, -0.2) is 4.57 Å². The Morgan fingerprint density at radius 2 is 0.805 bits per heavy atom. The van der Waals surface area contributed by atoms with Crippen LogP contribution in [0.3, 0.4) is 0 Å². The van der Waals surface area contributed by atoms with Gasteiger partial charge in [0.25, 0.3) is 0 Å². The lowest BCUT2D eigenvalue weighted by Gasteiger charge is -2.32. The lowest BCUT2D eigenvalue weighted by Crippen LogP contribution is -2.26. The van der Waals surface area contributed by atoms with Crippen LogP contribution in [0.1, 0.15) is 22.3 Å². The molecule has 2 aromatic heterocycles. The van der Waals surface area contributed by atoms with E-state index in [9.17, 15) is 0 Å². The van der Waals surface area contributed by atoms with Gasteiger partial charge in [0, 0.05) is 55.3 Å². The van der Waals surface area contributed by atoms with Gasteiger partial charge in [-0.25, -0.2) is 0 Å². The van der Waals surface area contributed by atoms with Crippen LogP contribution in [0.2, 0.25) is 0 Å². The number of anilines is 3. The highest BCUT2D eigenvalue weighted by atomic mass is 16.3. The molecule has 1 spiro atoms. The molecular weight excluding hydrogens is 993 g/mol. The molecular formula is C79H50N2O. The number of furan rings is 1. The Hall–Kier alpha value is -10.7. The van der Waals surface area contributed by atoms with E-state index in [0.29, 0.717) is 0 Å². The number of aromatic nitrogens is 1. The molecule has 0 fully saturated rings. The van der Waals surface area contributed by atoms with Gasteiger partial charge in [-0.15, -0.1) is 0 Å². The first kappa shape index (κ1) is 46.2. The Bertz CT molecular complexity index is 4970. The highest BCUT2D eigenvalue weighted by Crippen LogP contribution is 2.64. The third kappa shape index (κ3) is 6.77. The average molecular weight is 1040 g/mol. The van der Waals surface area contributed by atoms with Gasteiger partial charge in [0.1, 0.15) is 11.2 Å². The molecule has 382 valence electrons. The number of para-hydroxylation sites is 3. The van der Waals surface area contributed by atoms with Gasteiger partial charge < -0.3 is 13.9 Å². The van der Waals surface area contributed by atoms with E-state index in [1.54, 1.807) is 0 Å². The monoisotopic (exact) mass is 1040 g/mol. The van der Waals surface area contributed by atoms with E-state index in [1.807, 2.05) is 6.07 Å². The molecule has 0 bridgehead atoms. The Balaban J connectivity index is 0.852. The van der Waals surface area contributed by atoms with Crippen molar-refractivity contribution in [3.8, 4) is 72.4 Å². The lowest BCUT2D eigenvalue weighted by atomic mass is 9.70. The molecule has 82 heavy (non-hydrogen) atoms. The summed E-state index contributed by atoms with van der Waals surface area (Å²) in [6, 6.07) is 112. The van der Waals surface area contributed by atoms with Crippen LogP contribution >= 0.6 is 0 Å². The highest BCUT2D eigenvalue weighted by molar-refractivity contribution is 6.16. The fourth-order valence-corrected chi connectivity index (χ4v) is 14.1. The van der Waals surface area contributed by atoms with Crippen LogP contribution in [0.15, 0.2) is 308 Å². The van der Waals surface area contributed by atoms with E-state index in [1.165, 1.54) is 88.6 Å². The third-order valence-corrected chi connectivity index (χ3v) is 17.6. The summed E-state index contributed by atoms with van der Waals surface area (Å²) in [7, 11) is 0. The maximum Gasteiger partial charge on any atom is 0.143 e. The Morgan fingerprint density at radius 3 is 1.51 bits per heavy atom. The number of rotatable bonds is 8. The Morgan fingerprint density at radius 1 is 0.305 bits per heavy atom. The summed E-state index contributed by atoms with van der Waals surface area (Å²) in [5, 5.41) is 4.67. The van der Waals surface area contributed by atoms with Gasteiger partial charge in [-0.05, 0) is 145 Å². The second-order valence-electron chi connectivity index (χ2n) is 21.9. The van der Waals surface area contributed by atoms with Crippen molar-refractivity contribution in [2.75, 3.05) is 4.90 Å². The molecule has 0 unspecified atom stereocenters. The predicted molar refractivity (Wildman–Crippen MR) is 341 cm³/mol. The zero-order chi connectivity index (χ0) is 53.9. The van der Waals surface area contributed by atoms with Crippen molar-refractivity contribution in [3.05, 3.63) is 326 Å². The van der Waals surface area contributed by atoms with Gasteiger partial charge in [0.15, 0.2) is 0 Å². The smallest absolute Gasteiger partial charge is 0.143 e. The molecule has 17 rings (SSSR count). The third-order valence-electron chi connectivity index (χ3n) is 17.6. The molecule has 3 heteroatoms. The summed E-state index contributed by atoms with van der Waals surface area (Å²) in [4.78, 5) is 2.48. The van der Waals surface area contributed by atoms with Crippen LogP contribution in [0.25, 0.3) is 116 Å². The number of nitrogens with zero attached hydrogens (tertiary/aromatic N) is 2. The molecule has 0 atom stereocenters. The summed E-state index contributed by atoms with van der Waals surface area (Å²) in [5.41, 5.74) is 27.7. The van der Waals surface area contributed by atoms with Crippen molar-refractivity contribution in [2.45, 2.75) is 5.41 Å². The molecule has 15 aromatic rings. The van der Waals surface area contributed by atoms with E-state index < -0.39 is 5.41 Å². The molecule has 2 aliphatic carbocycles. The van der Waals surface area contributed by atoms with Crippen molar-refractivity contribution >= 4 is 60.8 Å². The quantitative estimate of drug-likeness (QED) is 0.151. The van der Waals surface area contributed by atoms with E-state index in [2.05, 4.69) is 307 Å². The maximum atomic E-state index is 6.58. The van der Waals surface area contributed by atoms with Crippen molar-refractivity contribution in [1.29, 1.82) is 0 Å². The van der Waals surface area contributed by atoms with Crippen molar-refractivity contribution < 1.29 is 4.42 Å². The average Bonchev–Trinajstić information content (AvgIpc) is 1.99. The van der Waals surface area contributed by atoms with Gasteiger partial charge >= 0.3 is 0 Å². The van der Waals surface area contributed by atoms with Gasteiger partial charge in [-0.2, -0.15) is 0 Å².